The molecule has 0 saturated heterocycles. The minimum Gasteiger partial charge on any atom is -0.507 e. The number of hydrogen-bond donors (Lipinski definition) is 1. The maximum absolute atomic E-state index is 14.1. The van der Waals surface area contributed by atoms with Crippen molar-refractivity contribution in [1.29, 1.82) is 0 Å². The average Bonchev–Trinajstić information content (AvgIpc) is 3.50. The summed E-state index contributed by atoms with van der Waals surface area (Å²) in [6.45, 7) is 5.05. The van der Waals surface area contributed by atoms with Crippen molar-refractivity contribution in [3.63, 3.8) is 0 Å². The monoisotopic (exact) mass is 489 g/mol. The van der Waals surface area contributed by atoms with Crippen molar-refractivity contribution in [2.75, 3.05) is 14.1 Å². The number of carbonyl (C=O) groups is 1. The minimum absolute atomic E-state index is 0.00917. The summed E-state index contributed by atoms with van der Waals surface area (Å²) in [5.74, 6) is 2.53. The normalized spacial score (nSPS) is 32.9. The molecule has 1 radical (unpaired) electrons. The Bertz CT molecular complexity index is 1200. The van der Waals surface area contributed by atoms with Crippen LogP contribution in [0.5, 0.6) is 5.88 Å². The number of rotatable bonds is 6. The summed E-state index contributed by atoms with van der Waals surface area (Å²) in [5, 5.41) is 15.7. The van der Waals surface area contributed by atoms with E-state index < -0.39 is 8.80 Å². The number of carbonyl (C=O) groups excluding carboxylic acids is 1. The molecule has 7 heteroatoms. The van der Waals surface area contributed by atoms with Gasteiger partial charge >= 0.3 is 0 Å². The van der Waals surface area contributed by atoms with E-state index >= 15 is 0 Å². The van der Waals surface area contributed by atoms with Gasteiger partial charge in [0.1, 0.15) is 17.9 Å². The smallest absolute Gasteiger partial charge is 0.265 e. The van der Waals surface area contributed by atoms with E-state index in [1.165, 1.54) is 6.04 Å². The average molecular weight is 490 g/mol. The van der Waals surface area contributed by atoms with Crippen LogP contribution < -0.4 is 4.74 Å². The first-order valence-corrected chi connectivity index (χ1v) is 15.3. The van der Waals surface area contributed by atoms with Crippen molar-refractivity contribution < 1.29 is 19.2 Å². The fourth-order valence-corrected chi connectivity index (χ4v) is 8.87. The second kappa shape index (κ2) is 8.49. The molecule has 2 bridgehead atoms. The van der Waals surface area contributed by atoms with Crippen molar-refractivity contribution in [3.8, 4) is 5.88 Å². The van der Waals surface area contributed by atoms with Gasteiger partial charge in [-0.3, -0.25) is 9.69 Å². The number of hydrogen-bond acceptors (Lipinski definition) is 6. The van der Waals surface area contributed by atoms with E-state index in [-0.39, 0.29) is 35.3 Å². The highest BCUT2D eigenvalue weighted by Gasteiger charge is 2.60. The predicted molar refractivity (Wildman–Crippen MR) is 135 cm³/mol. The number of aliphatic hydroxyl groups is 1. The first kappa shape index (κ1) is 22.8. The summed E-state index contributed by atoms with van der Waals surface area (Å²) >= 11 is 0. The molecule has 6 nitrogen and oxygen atoms in total. The molecule has 4 aliphatic carbocycles. The highest BCUT2D eigenvalue weighted by Crippen LogP contribution is 2.62. The van der Waals surface area contributed by atoms with Crippen molar-refractivity contribution >= 4 is 20.3 Å². The Morgan fingerprint density at radius 1 is 1.17 bits per heavy atom. The van der Waals surface area contributed by atoms with Crippen molar-refractivity contribution in [1.82, 2.24) is 10.1 Å². The lowest BCUT2D eigenvalue weighted by atomic mass is 9.62. The van der Waals surface area contributed by atoms with E-state index in [1.807, 2.05) is 44.4 Å². The Hall–Kier alpha value is -2.64. The quantitative estimate of drug-likeness (QED) is 0.447. The molecule has 0 amide bonds. The number of ketones is 1. The SMILES string of the molecule is CN(C)[C@H]1c2onc(OCc3ccccc3)c2C(O)=C2C(=O)[C@H]3[C@@H](C[C@H]21)[C@H]1C=C[C@@H]3C1C[Si](C)C. The van der Waals surface area contributed by atoms with Gasteiger partial charge in [-0.1, -0.05) is 61.6 Å². The van der Waals surface area contributed by atoms with Crippen LogP contribution in [0.2, 0.25) is 19.1 Å². The Labute approximate surface area is 208 Å². The summed E-state index contributed by atoms with van der Waals surface area (Å²) in [5.41, 5.74) is 2.00. The zero-order valence-corrected chi connectivity index (χ0v) is 21.8. The molecule has 7 atom stereocenters. The van der Waals surface area contributed by atoms with Gasteiger partial charge in [0.15, 0.2) is 11.5 Å². The number of aliphatic hydroxyl groups excluding tert-OH is 1. The molecule has 1 N–H and O–H groups in total. The van der Waals surface area contributed by atoms with E-state index in [4.69, 9.17) is 9.26 Å². The van der Waals surface area contributed by atoms with Gasteiger partial charge < -0.3 is 14.4 Å². The topological polar surface area (TPSA) is 75.8 Å². The lowest BCUT2D eigenvalue weighted by molar-refractivity contribution is -0.124. The molecular formula is C28H33N2O4Si. The molecule has 4 aliphatic rings. The number of aromatic nitrogens is 1. The number of nitrogens with zero attached hydrogens (tertiary/aromatic N) is 2. The molecule has 1 heterocycles. The summed E-state index contributed by atoms with van der Waals surface area (Å²) in [6, 6.07) is 10.9. The third kappa shape index (κ3) is 3.46. The van der Waals surface area contributed by atoms with Crippen molar-refractivity contribution in [3.05, 3.63) is 64.9 Å². The number of Topliss-reactive ketones (excluding diaryl/α,β-unsaturated/α-hetero) is 1. The molecule has 1 unspecified atom stereocenters. The van der Waals surface area contributed by atoms with Crippen LogP contribution >= 0.6 is 0 Å². The van der Waals surface area contributed by atoms with Gasteiger partial charge in [-0.05, 0) is 54.9 Å². The van der Waals surface area contributed by atoms with E-state index in [0.29, 0.717) is 47.2 Å². The van der Waals surface area contributed by atoms with Crippen molar-refractivity contribution in [2.24, 2.45) is 35.5 Å². The zero-order chi connectivity index (χ0) is 24.4. The fourth-order valence-electron chi connectivity index (χ4n) is 7.38. The van der Waals surface area contributed by atoms with Crippen LogP contribution in [0, 0.1) is 35.5 Å². The van der Waals surface area contributed by atoms with E-state index in [2.05, 4.69) is 35.3 Å². The Balaban J connectivity index is 1.38. The highest BCUT2D eigenvalue weighted by atomic mass is 28.3. The van der Waals surface area contributed by atoms with Gasteiger partial charge in [-0.15, -0.1) is 0 Å². The number of allylic oxidation sites excluding steroid dienone is 2. The Kier molecular flexibility index (Phi) is 5.53. The van der Waals surface area contributed by atoms with Crippen LogP contribution in [-0.4, -0.2) is 43.8 Å². The first-order chi connectivity index (χ1) is 16.9. The van der Waals surface area contributed by atoms with Gasteiger partial charge in [-0.25, -0.2) is 0 Å². The predicted octanol–water partition coefficient (Wildman–Crippen LogP) is 5.15. The number of benzene rings is 1. The summed E-state index contributed by atoms with van der Waals surface area (Å²) < 4.78 is 11.8. The summed E-state index contributed by atoms with van der Waals surface area (Å²) in [6.07, 6.45) is 5.56. The number of fused-ring (bicyclic) bond motifs is 7. The Morgan fingerprint density at radius 2 is 1.91 bits per heavy atom. The van der Waals surface area contributed by atoms with Gasteiger partial charge in [0.05, 0.1) is 6.04 Å². The molecule has 35 heavy (non-hydrogen) atoms. The van der Waals surface area contributed by atoms with Crippen LogP contribution in [0.4, 0.5) is 0 Å². The van der Waals surface area contributed by atoms with Gasteiger partial charge in [0.2, 0.25) is 0 Å². The standard InChI is InChI=1S/C28H33N2O4Si/c1-30(2)24-19-12-18-16-10-11-17(20(16)14-35(3)4)21(18)25(31)22(19)26(32)23-27(24)34-29-28(23)33-13-15-8-6-5-7-9-15/h5-11,16-21,24,32H,12-14H2,1-4H3/t16-,17-,18+,19-,20?,21-,24-/m1/s1. The molecule has 0 aliphatic heterocycles. The van der Waals surface area contributed by atoms with Crippen LogP contribution in [0.15, 0.2) is 52.6 Å². The zero-order valence-electron chi connectivity index (χ0n) is 20.8. The molecule has 6 rings (SSSR count). The van der Waals surface area contributed by atoms with Crippen LogP contribution in [0.1, 0.15) is 29.3 Å². The lowest BCUT2D eigenvalue weighted by Crippen LogP contribution is -2.44. The van der Waals surface area contributed by atoms with Gasteiger partial charge in [0, 0.05) is 26.2 Å². The molecule has 2 saturated carbocycles. The minimum atomic E-state index is -0.392. The maximum Gasteiger partial charge on any atom is 0.265 e. The molecule has 2 aromatic rings. The molecule has 183 valence electrons. The molecular weight excluding hydrogens is 456 g/mol. The van der Waals surface area contributed by atoms with E-state index in [1.54, 1.807) is 0 Å². The summed E-state index contributed by atoms with van der Waals surface area (Å²) in [4.78, 5) is 16.2. The third-order valence-electron chi connectivity index (χ3n) is 8.63. The van der Waals surface area contributed by atoms with Crippen molar-refractivity contribution in [2.45, 2.75) is 38.2 Å². The first-order valence-electron chi connectivity index (χ1n) is 12.6. The second-order valence-corrected chi connectivity index (χ2v) is 14.0. The second-order valence-electron chi connectivity index (χ2n) is 11.2. The molecule has 2 fully saturated rings. The fraction of sp³-hybridized carbons (Fsp3) is 0.500. The van der Waals surface area contributed by atoms with Gasteiger partial charge in [-0.2, -0.15) is 0 Å². The van der Waals surface area contributed by atoms with E-state index in [0.717, 1.165) is 12.0 Å². The van der Waals surface area contributed by atoms with Crippen LogP contribution in [-0.2, 0) is 11.4 Å². The van der Waals surface area contributed by atoms with Gasteiger partial charge in [0.25, 0.3) is 5.88 Å². The van der Waals surface area contributed by atoms with E-state index in [9.17, 15) is 9.90 Å². The van der Waals surface area contributed by atoms with Crippen LogP contribution in [0.3, 0.4) is 0 Å². The largest absolute Gasteiger partial charge is 0.507 e. The molecule has 1 aromatic carbocycles. The maximum atomic E-state index is 14.1. The third-order valence-corrected chi connectivity index (χ3v) is 9.92. The van der Waals surface area contributed by atoms with Crippen LogP contribution in [0.25, 0.3) is 5.76 Å². The Morgan fingerprint density at radius 3 is 2.63 bits per heavy atom. The number of ether oxygens (including phenoxy) is 1. The lowest BCUT2D eigenvalue weighted by Gasteiger charge is -2.43. The highest BCUT2D eigenvalue weighted by molar-refractivity contribution is 6.55. The molecule has 1 aromatic heterocycles. The summed E-state index contributed by atoms with van der Waals surface area (Å²) in [7, 11) is 3.62. The molecule has 0 spiro atoms.